The van der Waals surface area contributed by atoms with Crippen LogP contribution in [0, 0.1) is 0 Å². The molecule has 10 heteroatoms. The number of furan rings is 4. The van der Waals surface area contributed by atoms with Gasteiger partial charge in [-0.05, 0) is 172 Å². The molecule has 6 heterocycles. The van der Waals surface area contributed by atoms with Crippen molar-refractivity contribution in [3.8, 4) is 124 Å². The van der Waals surface area contributed by atoms with Crippen molar-refractivity contribution < 1.29 is 17.7 Å². The number of rotatable bonds is 11. The summed E-state index contributed by atoms with van der Waals surface area (Å²) >= 11 is 0. The van der Waals surface area contributed by atoms with Crippen LogP contribution in [0.4, 0.5) is 0 Å². The maximum atomic E-state index is 7.04. The van der Waals surface area contributed by atoms with Crippen LogP contribution in [0.1, 0.15) is 0 Å². The van der Waals surface area contributed by atoms with Crippen LogP contribution in [0.25, 0.3) is 255 Å². The van der Waals surface area contributed by atoms with Gasteiger partial charge in [0, 0.05) is 82.0 Å². The first kappa shape index (κ1) is 65.0. The van der Waals surface area contributed by atoms with Gasteiger partial charge in [0.2, 0.25) is 0 Å². The van der Waals surface area contributed by atoms with E-state index in [1.165, 1.54) is 0 Å². The molecule has 538 valence electrons. The second kappa shape index (κ2) is 25.9. The van der Waals surface area contributed by atoms with Crippen LogP contribution < -0.4 is 0 Å². The van der Waals surface area contributed by atoms with Gasteiger partial charge in [-0.25, -0.2) is 29.9 Å². The maximum absolute atomic E-state index is 7.04. The van der Waals surface area contributed by atoms with Crippen LogP contribution in [0.3, 0.4) is 0 Å². The summed E-state index contributed by atoms with van der Waals surface area (Å²) in [7, 11) is 0. The summed E-state index contributed by atoms with van der Waals surface area (Å²) in [5, 5.41) is 17.2. The molecule has 0 radical (unpaired) electrons. The SMILES string of the molecule is c1ccc(-c2cccc(-c3nc(-c4ccc5c(-c6cccc7oc8c(-c9cccc(-c%10ccc(-c%11nc(-c%12ccc%13c(-c%14cccc%15oc%16ccccc%16c%14%15)cccc%13c%12)nc(-c%12ccc%13ccc%14oc%15ccccc%15c%14c%13c%12)n%11)cc%10)c9)cccc8c67)cccc5c4)nc(-c4ccc5ccc6oc7ccccc7c6c5c4)n3)c2)cc1. The average molecular weight is 1480 g/mol. The third kappa shape index (κ3) is 10.7. The van der Waals surface area contributed by atoms with E-state index in [-0.39, 0.29) is 0 Å². The minimum Gasteiger partial charge on any atom is -0.456 e. The first-order valence-corrected chi connectivity index (χ1v) is 38.9. The summed E-state index contributed by atoms with van der Waals surface area (Å²) in [5.74, 6) is 3.41. The number of fused-ring (bicyclic) bond motifs is 18. The Balaban J connectivity index is 0.574. The van der Waals surface area contributed by atoms with Crippen molar-refractivity contribution in [2.24, 2.45) is 0 Å². The lowest BCUT2D eigenvalue weighted by Gasteiger charge is -2.12. The third-order valence-corrected chi connectivity index (χ3v) is 23.2. The van der Waals surface area contributed by atoms with Gasteiger partial charge in [-0.3, -0.25) is 0 Å². The van der Waals surface area contributed by atoms with Crippen molar-refractivity contribution in [2.45, 2.75) is 0 Å². The largest absolute Gasteiger partial charge is 0.456 e. The topological polar surface area (TPSA) is 130 Å². The molecule has 0 saturated carbocycles. The number of benzene rings is 18. The molecule has 0 fully saturated rings. The summed E-state index contributed by atoms with van der Waals surface area (Å²) in [4.78, 5) is 31.9. The van der Waals surface area contributed by atoms with Crippen LogP contribution in [0.5, 0.6) is 0 Å². The number of para-hydroxylation sites is 4. The molecule has 24 rings (SSSR count). The Bertz CT molecular complexity index is 8240. The molecule has 18 aromatic carbocycles. The molecule has 0 aliphatic carbocycles. The van der Waals surface area contributed by atoms with E-state index in [0.717, 1.165) is 220 Å². The number of aromatic nitrogens is 6. The van der Waals surface area contributed by atoms with E-state index in [9.17, 15) is 0 Å². The van der Waals surface area contributed by atoms with Crippen molar-refractivity contribution in [3.63, 3.8) is 0 Å². The van der Waals surface area contributed by atoms with Crippen molar-refractivity contribution >= 4 is 131 Å². The zero-order valence-corrected chi connectivity index (χ0v) is 62.0. The van der Waals surface area contributed by atoms with Crippen molar-refractivity contribution in [3.05, 3.63) is 364 Å². The fourth-order valence-electron chi connectivity index (χ4n) is 17.7. The second-order valence-electron chi connectivity index (χ2n) is 29.9. The molecule has 0 bridgehead atoms. The summed E-state index contributed by atoms with van der Waals surface area (Å²) in [6.45, 7) is 0. The van der Waals surface area contributed by atoms with E-state index < -0.39 is 0 Å². The van der Waals surface area contributed by atoms with E-state index in [0.29, 0.717) is 34.9 Å². The number of nitrogens with zero attached hydrogens (tertiary/aromatic N) is 6. The molecule has 0 N–H and O–H groups in total. The zero-order valence-electron chi connectivity index (χ0n) is 62.0. The molecule has 6 aromatic heterocycles. The first-order chi connectivity index (χ1) is 57.4. The highest BCUT2D eigenvalue weighted by Crippen LogP contribution is 2.47. The summed E-state index contributed by atoms with van der Waals surface area (Å²) in [6, 6.07) is 127. The van der Waals surface area contributed by atoms with Crippen molar-refractivity contribution in [1.29, 1.82) is 0 Å². The predicted octanol–water partition coefficient (Wildman–Crippen LogP) is 28.6. The van der Waals surface area contributed by atoms with Gasteiger partial charge in [0.25, 0.3) is 0 Å². The molecule has 0 saturated heterocycles. The highest BCUT2D eigenvalue weighted by atomic mass is 16.3. The fraction of sp³-hybridized carbons (Fsp3) is 0. The van der Waals surface area contributed by atoms with Gasteiger partial charge in [-0.15, -0.1) is 0 Å². The predicted molar refractivity (Wildman–Crippen MR) is 472 cm³/mol. The Morgan fingerprint density at radius 3 is 1.02 bits per heavy atom. The zero-order chi connectivity index (χ0) is 76.1. The Hall–Kier alpha value is -15.8. The molecular weight excluding hydrogens is 1420 g/mol. The summed E-state index contributed by atoms with van der Waals surface area (Å²) in [5.41, 5.74) is 22.6. The van der Waals surface area contributed by atoms with Crippen LogP contribution in [-0.2, 0) is 0 Å². The molecular formula is C106H60N6O4. The number of hydrogen-bond donors (Lipinski definition) is 0. The van der Waals surface area contributed by atoms with Crippen LogP contribution >= 0.6 is 0 Å². The average Bonchev–Trinajstić information content (AvgIpc) is 1.57. The van der Waals surface area contributed by atoms with Crippen LogP contribution in [0.2, 0.25) is 0 Å². The second-order valence-corrected chi connectivity index (χ2v) is 29.9. The maximum Gasteiger partial charge on any atom is 0.164 e. The third-order valence-electron chi connectivity index (χ3n) is 23.2. The van der Waals surface area contributed by atoms with Crippen LogP contribution in [-0.4, -0.2) is 29.9 Å². The molecule has 0 aliphatic rings. The quantitative estimate of drug-likeness (QED) is 0.123. The smallest absolute Gasteiger partial charge is 0.164 e. The van der Waals surface area contributed by atoms with Gasteiger partial charge >= 0.3 is 0 Å². The van der Waals surface area contributed by atoms with Gasteiger partial charge in [0.15, 0.2) is 34.9 Å². The van der Waals surface area contributed by atoms with E-state index in [1.54, 1.807) is 0 Å². The van der Waals surface area contributed by atoms with Crippen molar-refractivity contribution in [1.82, 2.24) is 29.9 Å². The van der Waals surface area contributed by atoms with E-state index in [4.69, 9.17) is 47.6 Å². The lowest BCUT2D eigenvalue weighted by molar-refractivity contribution is 0.668. The minimum atomic E-state index is 0.558. The molecule has 0 spiro atoms. The van der Waals surface area contributed by atoms with Gasteiger partial charge in [0.1, 0.15) is 44.7 Å². The van der Waals surface area contributed by atoms with Gasteiger partial charge in [-0.2, -0.15) is 0 Å². The molecule has 0 unspecified atom stereocenters. The standard InChI is InChI=1S/C106H60N6O4/c1-2-17-61(18-3-1)67-20-11-24-71(56-67)102-109-104(112-106(110-102)75-46-42-64-50-54-95-99(88(64)60-75)85-27-6-9-36-91(85)115-95)73-48-52-77-69(58-73)23-13-30-80(77)82-32-16-38-93-97(82)86-33-14-28-78(100(86)116-93)70-21-10-19-66(55-70)62-39-43-65(44-40-62)101-107-103(111-105(108-101)74-45-41-63-49-53-94-98(87(63)59-74)84-26-5-8-35-90(84)114-94)72-47-51-76-68(57-72)22-12-29-79(76)81-31-15-37-92-96(81)83-25-4-7-34-89(83)113-92/h1-60H. The molecule has 0 amide bonds. The monoisotopic (exact) mass is 1480 g/mol. The molecule has 10 nitrogen and oxygen atoms in total. The lowest BCUT2D eigenvalue weighted by atomic mass is 9.93. The molecule has 24 aromatic rings. The van der Waals surface area contributed by atoms with Gasteiger partial charge < -0.3 is 17.7 Å². The van der Waals surface area contributed by atoms with Gasteiger partial charge in [-0.1, -0.05) is 285 Å². The number of hydrogen-bond acceptors (Lipinski definition) is 10. The van der Waals surface area contributed by atoms with Gasteiger partial charge in [0.05, 0.1) is 0 Å². The lowest BCUT2D eigenvalue weighted by Crippen LogP contribution is -2.00. The summed E-state index contributed by atoms with van der Waals surface area (Å²) < 4.78 is 26.2. The normalized spacial score (nSPS) is 12.0. The summed E-state index contributed by atoms with van der Waals surface area (Å²) in [6.07, 6.45) is 0. The van der Waals surface area contributed by atoms with E-state index >= 15 is 0 Å². The Morgan fingerprint density at radius 2 is 0.474 bits per heavy atom. The molecule has 116 heavy (non-hydrogen) atoms. The Kier molecular flexibility index (Phi) is 14.5. The minimum absolute atomic E-state index is 0.558. The van der Waals surface area contributed by atoms with E-state index in [2.05, 4.69) is 315 Å². The Labute approximate surface area is 662 Å². The highest BCUT2D eigenvalue weighted by molar-refractivity contribution is 6.22. The molecule has 0 aliphatic heterocycles. The fourth-order valence-corrected chi connectivity index (χ4v) is 17.7. The van der Waals surface area contributed by atoms with Crippen molar-refractivity contribution in [2.75, 3.05) is 0 Å². The first-order valence-electron chi connectivity index (χ1n) is 38.9. The highest BCUT2D eigenvalue weighted by Gasteiger charge is 2.24. The molecule has 0 atom stereocenters. The van der Waals surface area contributed by atoms with E-state index in [1.807, 2.05) is 48.5 Å². The van der Waals surface area contributed by atoms with Crippen LogP contribution in [0.15, 0.2) is 382 Å². The Morgan fingerprint density at radius 1 is 0.147 bits per heavy atom.